The lowest BCUT2D eigenvalue weighted by atomic mass is 10.0. The summed E-state index contributed by atoms with van der Waals surface area (Å²) in [4.78, 5) is 11.7. The van der Waals surface area contributed by atoms with Gasteiger partial charge in [0, 0.05) is 11.6 Å². The van der Waals surface area contributed by atoms with Crippen molar-refractivity contribution < 1.29 is 28.8 Å². The van der Waals surface area contributed by atoms with Crippen molar-refractivity contribution in [1.29, 1.82) is 0 Å². The molecular weight excluding hydrogens is 312 g/mol. The monoisotopic (exact) mass is 330 g/mol. The van der Waals surface area contributed by atoms with Crippen LogP contribution < -0.4 is 18.9 Å². The van der Waals surface area contributed by atoms with Crippen LogP contribution in [0, 0.1) is 0 Å². The van der Waals surface area contributed by atoms with Gasteiger partial charge < -0.3 is 24.1 Å². The molecule has 24 heavy (non-hydrogen) atoms. The van der Waals surface area contributed by atoms with Crippen molar-refractivity contribution in [2.75, 3.05) is 13.7 Å². The van der Waals surface area contributed by atoms with Gasteiger partial charge in [0.05, 0.1) is 13.7 Å². The molecule has 0 aromatic heterocycles. The summed E-state index contributed by atoms with van der Waals surface area (Å²) in [6.45, 7) is 2.29. The number of methoxy groups -OCH3 is 1. The molecule has 0 bridgehead atoms. The minimum absolute atomic E-state index is 0.410. The molecule has 2 unspecified atom stereocenters. The van der Waals surface area contributed by atoms with E-state index in [1.54, 1.807) is 49.6 Å². The molecule has 2 aromatic rings. The van der Waals surface area contributed by atoms with E-state index in [1.807, 2.05) is 6.92 Å². The van der Waals surface area contributed by atoms with Gasteiger partial charge in [-0.05, 0) is 31.2 Å². The molecule has 1 aliphatic rings. The first-order valence-electron chi connectivity index (χ1n) is 7.60. The van der Waals surface area contributed by atoms with Gasteiger partial charge in [-0.3, -0.25) is 0 Å². The van der Waals surface area contributed by atoms with E-state index in [9.17, 15) is 9.90 Å². The number of aliphatic carboxylic acids is 1. The van der Waals surface area contributed by atoms with Gasteiger partial charge in [-0.1, -0.05) is 12.1 Å². The Morgan fingerprint density at radius 2 is 1.88 bits per heavy atom. The molecule has 0 aliphatic carbocycles. The highest BCUT2D eigenvalue weighted by Gasteiger charge is 2.39. The molecule has 2 aromatic carbocycles. The Bertz CT molecular complexity index is 742. The first-order chi connectivity index (χ1) is 11.6. The SMILES string of the molecule is CCOc1cc(OC)ccc1C1Oc2ccccc2OC1C(=O)O. The maximum absolute atomic E-state index is 11.7. The van der Waals surface area contributed by atoms with Crippen LogP contribution >= 0.6 is 0 Å². The third-order valence-electron chi connectivity index (χ3n) is 3.70. The second-order valence-corrected chi connectivity index (χ2v) is 5.20. The quantitative estimate of drug-likeness (QED) is 0.908. The van der Waals surface area contributed by atoms with Gasteiger partial charge in [0.1, 0.15) is 11.5 Å². The van der Waals surface area contributed by atoms with Crippen LogP contribution in [0.3, 0.4) is 0 Å². The van der Waals surface area contributed by atoms with Crippen LogP contribution in [0.5, 0.6) is 23.0 Å². The molecule has 1 N–H and O–H groups in total. The summed E-state index contributed by atoms with van der Waals surface area (Å²) in [7, 11) is 1.56. The first-order valence-corrected chi connectivity index (χ1v) is 7.60. The van der Waals surface area contributed by atoms with Gasteiger partial charge >= 0.3 is 5.97 Å². The summed E-state index contributed by atoms with van der Waals surface area (Å²) >= 11 is 0. The number of carboxylic acid groups (broad SMARTS) is 1. The second kappa shape index (κ2) is 6.70. The maximum Gasteiger partial charge on any atom is 0.349 e. The molecule has 3 rings (SSSR count). The minimum atomic E-state index is -1.17. The van der Waals surface area contributed by atoms with Crippen LogP contribution in [0.15, 0.2) is 42.5 Å². The van der Waals surface area contributed by atoms with Crippen LogP contribution in [-0.4, -0.2) is 30.9 Å². The molecule has 126 valence electrons. The topological polar surface area (TPSA) is 74.2 Å². The van der Waals surface area contributed by atoms with Crippen LogP contribution in [-0.2, 0) is 4.79 Å². The average Bonchev–Trinajstić information content (AvgIpc) is 2.60. The molecule has 0 saturated carbocycles. The number of hydrogen-bond donors (Lipinski definition) is 1. The Morgan fingerprint density at radius 3 is 2.50 bits per heavy atom. The fourth-order valence-electron chi connectivity index (χ4n) is 2.61. The van der Waals surface area contributed by atoms with E-state index >= 15 is 0 Å². The number of carboxylic acids is 1. The number of benzene rings is 2. The van der Waals surface area contributed by atoms with Gasteiger partial charge in [-0.2, -0.15) is 0 Å². The molecule has 2 atom stereocenters. The zero-order chi connectivity index (χ0) is 17.1. The van der Waals surface area contributed by atoms with Crippen molar-refractivity contribution in [3.05, 3.63) is 48.0 Å². The second-order valence-electron chi connectivity index (χ2n) is 5.20. The number of para-hydroxylation sites is 2. The van der Waals surface area contributed by atoms with Gasteiger partial charge in [0.2, 0.25) is 6.10 Å². The highest BCUT2D eigenvalue weighted by atomic mass is 16.6. The first kappa shape index (κ1) is 16.0. The Balaban J connectivity index is 2.04. The zero-order valence-corrected chi connectivity index (χ0v) is 13.4. The highest BCUT2D eigenvalue weighted by Crippen LogP contribution is 2.42. The van der Waals surface area contributed by atoms with E-state index < -0.39 is 18.2 Å². The zero-order valence-electron chi connectivity index (χ0n) is 13.4. The molecule has 0 saturated heterocycles. The normalized spacial score (nSPS) is 18.8. The number of hydrogen-bond acceptors (Lipinski definition) is 5. The Morgan fingerprint density at radius 1 is 1.17 bits per heavy atom. The minimum Gasteiger partial charge on any atom is -0.497 e. The van der Waals surface area contributed by atoms with E-state index in [0.29, 0.717) is 35.2 Å². The van der Waals surface area contributed by atoms with E-state index in [4.69, 9.17) is 18.9 Å². The molecule has 0 fully saturated rings. The highest BCUT2D eigenvalue weighted by molar-refractivity contribution is 5.75. The third kappa shape index (κ3) is 2.95. The lowest BCUT2D eigenvalue weighted by molar-refractivity contribution is -0.151. The summed E-state index contributed by atoms with van der Waals surface area (Å²) in [5.41, 5.74) is 0.597. The Hall–Kier alpha value is -2.89. The largest absolute Gasteiger partial charge is 0.497 e. The Labute approximate surface area is 139 Å². The maximum atomic E-state index is 11.7. The van der Waals surface area contributed by atoms with E-state index in [-0.39, 0.29) is 0 Å². The lowest BCUT2D eigenvalue weighted by Gasteiger charge is -2.32. The summed E-state index contributed by atoms with van der Waals surface area (Å²) < 4.78 is 22.4. The van der Waals surface area contributed by atoms with E-state index in [0.717, 1.165) is 0 Å². The summed E-state index contributed by atoms with van der Waals surface area (Å²) in [6, 6.07) is 12.2. The number of fused-ring (bicyclic) bond motifs is 1. The molecular formula is C18H18O6. The van der Waals surface area contributed by atoms with Crippen LogP contribution in [0.4, 0.5) is 0 Å². The lowest BCUT2D eigenvalue weighted by Crippen LogP contribution is -2.39. The van der Waals surface area contributed by atoms with E-state index in [1.165, 1.54) is 0 Å². The van der Waals surface area contributed by atoms with Crippen molar-refractivity contribution in [1.82, 2.24) is 0 Å². The predicted octanol–water partition coefficient (Wildman–Crippen LogP) is 3.06. The van der Waals surface area contributed by atoms with Gasteiger partial charge in [-0.15, -0.1) is 0 Å². The average molecular weight is 330 g/mol. The van der Waals surface area contributed by atoms with Crippen LogP contribution in [0.25, 0.3) is 0 Å². The summed E-state index contributed by atoms with van der Waals surface area (Å²) in [5, 5.41) is 9.55. The van der Waals surface area contributed by atoms with Crippen LogP contribution in [0.2, 0.25) is 0 Å². The van der Waals surface area contributed by atoms with Crippen LogP contribution in [0.1, 0.15) is 18.6 Å². The van der Waals surface area contributed by atoms with Gasteiger partial charge in [-0.25, -0.2) is 4.79 Å². The van der Waals surface area contributed by atoms with Crippen molar-refractivity contribution in [3.63, 3.8) is 0 Å². The number of ether oxygens (including phenoxy) is 4. The standard InChI is InChI=1S/C18H18O6/c1-3-22-15-10-11(21-2)8-9-12(15)16-17(18(19)20)24-14-7-5-4-6-13(14)23-16/h4-10,16-17H,3H2,1-2H3,(H,19,20). The van der Waals surface area contributed by atoms with Crippen molar-refractivity contribution >= 4 is 5.97 Å². The predicted molar refractivity (Wildman–Crippen MR) is 86.0 cm³/mol. The fourth-order valence-corrected chi connectivity index (χ4v) is 2.61. The third-order valence-corrected chi connectivity index (χ3v) is 3.70. The van der Waals surface area contributed by atoms with Crippen molar-refractivity contribution in [3.8, 4) is 23.0 Å². The van der Waals surface area contributed by atoms with Crippen molar-refractivity contribution in [2.45, 2.75) is 19.1 Å². The molecule has 6 heteroatoms. The van der Waals surface area contributed by atoms with Crippen molar-refractivity contribution in [2.24, 2.45) is 0 Å². The molecule has 1 aliphatic heterocycles. The van der Waals surface area contributed by atoms with Gasteiger partial charge in [0.25, 0.3) is 0 Å². The molecule has 6 nitrogen and oxygen atoms in total. The van der Waals surface area contributed by atoms with Gasteiger partial charge in [0.15, 0.2) is 17.6 Å². The Kier molecular flexibility index (Phi) is 4.46. The molecule has 0 spiro atoms. The molecule has 1 heterocycles. The number of rotatable bonds is 5. The fraction of sp³-hybridized carbons (Fsp3) is 0.278. The molecule has 0 amide bonds. The number of carbonyl (C=O) groups is 1. The van der Waals surface area contributed by atoms with E-state index in [2.05, 4.69) is 0 Å². The molecule has 0 radical (unpaired) electrons. The summed E-state index contributed by atoms with van der Waals surface area (Å²) in [6.07, 6.45) is -2.00. The summed E-state index contributed by atoms with van der Waals surface area (Å²) in [5.74, 6) is 0.931. The smallest absolute Gasteiger partial charge is 0.349 e.